The summed E-state index contributed by atoms with van der Waals surface area (Å²) < 4.78 is 27.6. The first-order valence-corrected chi connectivity index (χ1v) is 14.5. The van der Waals surface area contributed by atoms with Crippen molar-refractivity contribution in [2.24, 2.45) is 0 Å². The summed E-state index contributed by atoms with van der Waals surface area (Å²) in [6.07, 6.45) is 3.95. The van der Waals surface area contributed by atoms with Gasteiger partial charge < -0.3 is 0 Å². The van der Waals surface area contributed by atoms with E-state index in [1.807, 2.05) is 12.1 Å². The maximum atomic E-state index is 13.7. The van der Waals surface area contributed by atoms with Crippen molar-refractivity contribution in [3.63, 3.8) is 0 Å². The third-order valence-electron chi connectivity index (χ3n) is 5.54. The van der Waals surface area contributed by atoms with Gasteiger partial charge in [0.15, 0.2) is 0 Å². The predicted octanol–water partition coefficient (Wildman–Crippen LogP) is 3.62. The number of methoxy groups -OCH3 is 2. The van der Waals surface area contributed by atoms with Crippen LogP contribution in [0.2, 0.25) is 0 Å². The van der Waals surface area contributed by atoms with Crippen LogP contribution in [0.1, 0.15) is 28.9 Å². The summed E-state index contributed by atoms with van der Waals surface area (Å²) in [6.45, 7) is 1.02. The molecule has 2 aliphatic rings. The van der Waals surface area contributed by atoms with Gasteiger partial charge in [0.2, 0.25) is 0 Å². The van der Waals surface area contributed by atoms with Gasteiger partial charge in [-0.1, -0.05) is 0 Å². The van der Waals surface area contributed by atoms with Gasteiger partial charge in [-0.2, -0.15) is 0 Å². The third kappa shape index (κ3) is 4.85. The van der Waals surface area contributed by atoms with Crippen molar-refractivity contribution < 1.29 is 18.7 Å². The monoisotopic (exact) mass is 527 g/mol. The number of benzene rings is 1. The molecule has 1 saturated heterocycles. The summed E-state index contributed by atoms with van der Waals surface area (Å²) in [6, 6.07) is 8.34. The van der Waals surface area contributed by atoms with E-state index < -0.39 is 19.8 Å². The van der Waals surface area contributed by atoms with Crippen molar-refractivity contribution in [1.82, 2.24) is 10.3 Å². The number of hydrogen-bond donors (Lipinski definition) is 1. The molecule has 1 aromatic carbocycles. The molecule has 1 amide bonds. The van der Waals surface area contributed by atoms with Crippen LogP contribution in [-0.4, -0.2) is 50.8 Å². The minimum atomic E-state index is -1.06. The van der Waals surface area contributed by atoms with E-state index in [1.165, 1.54) is 16.6 Å². The van der Waals surface area contributed by atoms with E-state index in [4.69, 9.17) is 9.47 Å². The van der Waals surface area contributed by atoms with Crippen LogP contribution in [0.5, 0.6) is 5.75 Å². The Kier molecular flexibility index (Phi) is 6.43. The molecule has 1 N–H and O–H groups in total. The van der Waals surface area contributed by atoms with Gasteiger partial charge in [0.05, 0.1) is 7.11 Å². The number of amides is 1. The number of aromatic nitrogens is 1. The Morgan fingerprint density at radius 1 is 1.30 bits per heavy atom. The summed E-state index contributed by atoms with van der Waals surface area (Å²) in [4.78, 5) is 19.6. The zero-order valence-corrected chi connectivity index (χ0v) is 19.4. The average Bonchev–Trinajstić information content (AvgIpc) is 3.32. The van der Waals surface area contributed by atoms with Crippen molar-refractivity contribution in [3.8, 4) is 5.75 Å². The molecule has 162 valence electrons. The number of carbonyl (C=O) groups is 1. The summed E-state index contributed by atoms with van der Waals surface area (Å²) in [7, 11) is 3.34. The van der Waals surface area contributed by atoms with E-state index >= 15 is 0 Å². The van der Waals surface area contributed by atoms with Crippen molar-refractivity contribution in [3.05, 3.63) is 53.6 Å². The Balaban J connectivity index is 1.44. The molecule has 0 unspecified atom stereocenters. The zero-order valence-electron chi connectivity index (χ0n) is 17.3. The van der Waals surface area contributed by atoms with E-state index in [0.717, 1.165) is 39.8 Å². The van der Waals surface area contributed by atoms with Crippen LogP contribution >= 0.6 is 19.8 Å². The van der Waals surface area contributed by atoms with Crippen LogP contribution in [0.3, 0.4) is 0 Å². The SMILES string of the molecule is COCI1CCN(c2ccnc(C(=O)NC3(Cc4cc(F)ccc4OC)CC3)c2)C1. The second kappa shape index (κ2) is 9.05. The third-order valence-corrected chi connectivity index (χ3v) is 10.8. The Hall–Kier alpha value is -1.94. The molecule has 4 rings (SSSR count). The number of halogens is 2. The van der Waals surface area contributed by atoms with Crippen molar-refractivity contribution in [2.75, 3.05) is 39.3 Å². The summed E-state index contributed by atoms with van der Waals surface area (Å²) >= 11 is -1.06. The average molecular weight is 527 g/mol. The molecule has 0 atom stereocenters. The number of carbonyl (C=O) groups excluding carboxylic acids is 1. The molecular weight excluding hydrogens is 500 g/mol. The molecule has 2 aromatic rings. The van der Waals surface area contributed by atoms with Crippen LogP contribution in [0, 0.1) is 5.82 Å². The van der Waals surface area contributed by atoms with Crippen LogP contribution in [0.25, 0.3) is 0 Å². The van der Waals surface area contributed by atoms with Crippen LogP contribution < -0.4 is 15.0 Å². The molecule has 0 radical (unpaired) electrons. The Labute approximate surface area is 183 Å². The van der Waals surface area contributed by atoms with E-state index in [9.17, 15) is 9.18 Å². The molecule has 2 heterocycles. The standard InChI is InChI=1S/C22H27FIN3O3/c1-29-15-24-8-10-27(14-24)18-5-9-25-19(12-18)21(28)26-22(6-7-22)13-16-11-17(23)3-4-20(16)30-2/h3-5,9,11-12H,6-8,10,13-15H2,1-2H3,(H,26,28). The van der Waals surface area contributed by atoms with Crippen molar-refractivity contribution in [2.45, 2.75) is 24.8 Å². The second-order valence-corrected chi connectivity index (χ2v) is 13.4. The molecule has 1 aliphatic carbocycles. The quantitative estimate of drug-likeness (QED) is 0.323. The first kappa shape index (κ1) is 21.3. The zero-order chi connectivity index (χ0) is 21.1. The van der Waals surface area contributed by atoms with E-state index in [-0.39, 0.29) is 17.3 Å². The fourth-order valence-corrected chi connectivity index (χ4v) is 8.67. The van der Waals surface area contributed by atoms with Gasteiger partial charge in [0, 0.05) is 0 Å². The fourth-order valence-electron chi connectivity index (χ4n) is 3.78. The van der Waals surface area contributed by atoms with Crippen LogP contribution in [0.15, 0.2) is 36.5 Å². The number of hydrogen-bond acceptors (Lipinski definition) is 5. The molecule has 6 nitrogen and oxygen atoms in total. The number of alkyl halides is 3. The first-order valence-electron chi connectivity index (χ1n) is 9.94. The number of anilines is 1. The Morgan fingerprint density at radius 3 is 2.87 bits per heavy atom. The number of pyridine rings is 1. The van der Waals surface area contributed by atoms with Gasteiger partial charge in [-0.15, -0.1) is 0 Å². The topological polar surface area (TPSA) is 63.7 Å². The number of nitrogens with zero attached hydrogens (tertiary/aromatic N) is 2. The molecule has 30 heavy (non-hydrogen) atoms. The molecule has 1 aromatic heterocycles. The first-order chi connectivity index (χ1) is 14.5. The molecule has 2 fully saturated rings. The van der Waals surface area contributed by atoms with Crippen molar-refractivity contribution >= 4 is 31.4 Å². The van der Waals surface area contributed by atoms with E-state index in [2.05, 4.69) is 15.2 Å². The number of rotatable bonds is 8. The van der Waals surface area contributed by atoms with Gasteiger partial charge in [0.1, 0.15) is 0 Å². The molecular formula is C22H27FIN3O3. The van der Waals surface area contributed by atoms with E-state index in [0.29, 0.717) is 17.9 Å². The summed E-state index contributed by atoms with van der Waals surface area (Å²) in [5.74, 6) is 0.154. The summed E-state index contributed by atoms with van der Waals surface area (Å²) in [5.41, 5.74) is 1.87. The normalized spacial score (nSPS) is 18.4. The second-order valence-electron chi connectivity index (χ2n) is 7.80. The van der Waals surface area contributed by atoms with E-state index in [1.54, 1.807) is 26.5 Å². The maximum absolute atomic E-state index is 13.7. The molecule has 0 spiro atoms. The van der Waals surface area contributed by atoms with Crippen LogP contribution in [0.4, 0.5) is 10.1 Å². The number of nitrogens with one attached hydrogen (secondary N) is 1. The van der Waals surface area contributed by atoms with Gasteiger partial charge in [-0.3, -0.25) is 0 Å². The molecule has 1 aliphatic heterocycles. The predicted molar refractivity (Wildman–Crippen MR) is 123 cm³/mol. The minimum absolute atomic E-state index is 0.184. The fraction of sp³-hybridized carbons (Fsp3) is 0.455. The van der Waals surface area contributed by atoms with Gasteiger partial charge >= 0.3 is 166 Å². The Morgan fingerprint density at radius 2 is 2.13 bits per heavy atom. The molecule has 0 bridgehead atoms. The number of ether oxygens (including phenoxy) is 2. The Bertz CT molecular complexity index is 922. The molecule has 8 heteroatoms. The van der Waals surface area contributed by atoms with Gasteiger partial charge in [-0.05, 0) is 6.07 Å². The van der Waals surface area contributed by atoms with Crippen molar-refractivity contribution in [1.29, 1.82) is 0 Å². The van der Waals surface area contributed by atoms with Gasteiger partial charge in [0.25, 0.3) is 0 Å². The molecule has 1 saturated carbocycles. The summed E-state index contributed by atoms with van der Waals surface area (Å²) in [5, 5.41) is 3.14. The van der Waals surface area contributed by atoms with Gasteiger partial charge in [-0.25, -0.2) is 4.39 Å². The van der Waals surface area contributed by atoms with Crippen LogP contribution in [-0.2, 0) is 11.2 Å².